The van der Waals surface area contributed by atoms with Crippen LogP contribution in [0.4, 0.5) is 0 Å². The van der Waals surface area contributed by atoms with Crippen molar-refractivity contribution in [1.82, 2.24) is 19.7 Å². The van der Waals surface area contributed by atoms with E-state index in [1.54, 1.807) is 18.0 Å². The van der Waals surface area contributed by atoms with Crippen molar-refractivity contribution >= 4 is 29.7 Å². The molecule has 0 saturated carbocycles. The first-order valence-corrected chi connectivity index (χ1v) is 6.55. The zero-order chi connectivity index (χ0) is 11.7. The summed E-state index contributed by atoms with van der Waals surface area (Å²) in [4.78, 5) is 4.06. The van der Waals surface area contributed by atoms with Crippen LogP contribution in [0.1, 0.15) is 17.2 Å². The molecule has 1 aliphatic rings. The second-order valence-corrected chi connectivity index (χ2v) is 5.30. The van der Waals surface area contributed by atoms with Crippen molar-refractivity contribution in [3.63, 3.8) is 0 Å². The van der Waals surface area contributed by atoms with Crippen LogP contribution in [0.5, 0.6) is 0 Å². The smallest absolute Gasteiger partial charge is 0.119 e. The van der Waals surface area contributed by atoms with Gasteiger partial charge in [-0.25, -0.2) is 4.98 Å². The molecule has 4 nitrogen and oxygen atoms in total. The molecule has 0 amide bonds. The van der Waals surface area contributed by atoms with Crippen LogP contribution in [-0.2, 0) is 0 Å². The zero-order valence-corrected chi connectivity index (χ0v) is 10.5. The Kier molecular flexibility index (Phi) is 2.82. The van der Waals surface area contributed by atoms with Crippen LogP contribution in [0.3, 0.4) is 0 Å². The number of hydrogen-bond acceptors (Lipinski definition) is 4. The van der Waals surface area contributed by atoms with Crippen molar-refractivity contribution in [1.29, 1.82) is 0 Å². The Hall–Kier alpha value is -1.40. The van der Waals surface area contributed by atoms with E-state index >= 15 is 0 Å². The molecular formula is C11H10N4S2. The molecule has 3 heterocycles. The highest BCUT2D eigenvalue weighted by Gasteiger charge is 2.20. The Balaban J connectivity index is 1.81. The van der Waals surface area contributed by atoms with Gasteiger partial charge in [-0.2, -0.15) is 5.10 Å². The van der Waals surface area contributed by atoms with E-state index in [1.165, 1.54) is 11.3 Å². The molecule has 1 aliphatic heterocycles. The maximum absolute atomic E-state index is 5.08. The number of rotatable bonds is 2. The van der Waals surface area contributed by atoms with Gasteiger partial charge in [-0.05, 0) is 17.0 Å². The topological polar surface area (TPSA) is 46.5 Å². The van der Waals surface area contributed by atoms with Crippen LogP contribution < -0.4 is 0 Å². The Bertz CT molecular complexity index is 600. The van der Waals surface area contributed by atoms with Crippen molar-refractivity contribution < 1.29 is 0 Å². The molecule has 3 rings (SSSR count). The maximum atomic E-state index is 5.08. The summed E-state index contributed by atoms with van der Waals surface area (Å²) >= 11 is 6.88. The minimum atomic E-state index is 0.399. The molecule has 0 radical (unpaired) electrons. The van der Waals surface area contributed by atoms with Gasteiger partial charge < -0.3 is 4.57 Å². The van der Waals surface area contributed by atoms with E-state index in [4.69, 9.17) is 12.2 Å². The molecule has 0 bridgehead atoms. The number of allylic oxidation sites excluding steroid dienone is 1. The van der Waals surface area contributed by atoms with Gasteiger partial charge in [0.05, 0.1) is 12.5 Å². The molecule has 1 unspecified atom stereocenters. The van der Waals surface area contributed by atoms with Crippen LogP contribution in [0.2, 0.25) is 0 Å². The quantitative estimate of drug-likeness (QED) is 0.845. The van der Waals surface area contributed by atoms with Gasteiger partial charge in [-0.15, -0.1) is 11.8 Å². The molecular weight excluding hydrogens is 252 g/mol. The third-order valence-electron chi connectivity index (χ3n) is 2.66. The summed E-state index contributed by atoms with van der Waals surface area (Å²) in [6, 6.07) is 1.98. The van der Waals surface area contributed by atoms with Crippen LogP contribution in [0, 0.1) is 4.64 Å². The normalized spacial score (nSPS) is 19.3. The van der Waals surface area contributed by atoms with E-state index < -0.39 is 0 Å². The third-order valence-corrected chi connectivity index (χ3v) is 4.04. The van der Waals surface area contributed by atoms with Crippen LogP contribution in [-0.4, -0.2) is 19.7 Å². The second kappa shape index (κ2) is 4.46. The van der Waals surface area contributed by atoms with Gasteiger partial charge in [0.15, 0.2) is 0 Å². The minimum absolute atomic E-state index is 0.399. The molecule has 0 fully saturated rings. The van der Waals surface area contributed by atoms with E-state index in [0.29, 0.717) is 9.89 Å². The second-order valence-electron chi connectivity index (χ2n) is 3.79. The highest BCUT2D eigenvalue weighted by molar-refractivity contribution is 8.02. The van der Waals surface area contributed by atoms with E-state index in [9.17, 15) is 0 Å². The SMILES string of the molecule is S=c1cc(C2CC(n3ccnc3)=CS2)cn[nH]1. The number of aromatic amines is 1. The summed E-state index contributed by atoms with van der Waals surface area (Å²) in [7, 11) is 0. The van der Waals surface area contributed by atoms with Gasteiger partial charge in [-0.3, -0.25) is 5.10 Å². The third kappa shape index (κ3) is 2.18. The molecule has 0 aliphatic carbocycles. The predicted molar refractivity (Wildman–Crippen MR) is 70.9 cm³/mol. The fourth-order valence-corrected chi connectivity index (χ4v) is 3.09. The molecule has 0 aromatic carbocycles. The lowest BCUT2D eigenvalue weighted by Crippen LogP contribution is -1.96. The Morgan fingerprint density at radius 1 is 1.53 bits per heavy atom. The summed E-state index contributed by atoms with van der Waals surface area (Å²) in [6.07, 6.45) is 8.40. The first kappa shape index (κ1) is 10.7. The van der Waals surface area contributed by atoms with Crippen LogP contribution >= 0.6 is 24.0 Å². The molecule has 0 spiro atoms. The van der Waals surface area contributed by atoms with Gasteiger partial charge in [0.2, 0.25) is 0 Å². The summed E-state index contributed by atoms with van der Waals surface area (Å²) in [5.41, 5.74) is 2.43. The number of H-pyrrole nitrogens is 1. The van der Waals surface area contributed by atoms with Crippen LogP contribution in [0.25, 0.3) is 5.70 Å². The average Bonchev–Trinajstić information content (AvgIpc) is 3.00. The monoisotopic (exact) mass is 262 g/mol. The first-order valence-electron chi connectivity index (χ1n) is 5.20. The lowest BCUT2D eigenvalue weighted by molar-refractivity contribution is 0.897. The highest BCUT2D eigenvalue weighted by atomic mass is 32.2. The maximum Gasteiger partial charge on any atom is 0.119 e. The van der Waals surface area contributed by atoms with Gasteiger partial charge >= 0.3 is 0 Å². The van der Waals surface area contributed by atoms with Gasteiger partial charge in [0.25, 0.3) is 0 Å². The fourth-order valence-electron chi connectivity index (χ4n) is 1.81. The Labute approximate surface area is 108 Å². The lowest BCUT2D eigenvalue weighted by atomic mass is 10.1. The van der Waals surface area contributed by atoms with Crippen molar-refractivity contribution in [3.05, 3.63) is 46.6 Å². The van der Waals surface area contributed by atoms with Crippen molar-refractivity contribution in [2.24, 2.45) is 0 Å². The molecule has 1 N–H and O–H groups in total. The number of imidazole rings is 1. The lowest BCUT2D eigenvalue weighted by Gasteiger charge is -2.09. The summed E-state index contributed by atoms with van der Waals surface area (Å²) in [6.45, 7) is 0. The number of hydrogen-bond donors (Lipinski definition) is 1. The van der Waals surface area contributed by atoms with E-state index in [1.807, 2.05) is 29.4 Å². The number of nitrogens with one attached hydrogen (secondary N) is 1. The van der Waals surface area contributed by atoms with E-state index in [-0.39, 0.29) is 0 Å². The van der Waals surface area contributed by atoms with Gasteiger partial charge in [-0.1, -0.05) is 12.2 Å². The summed E-state index contributed by atoms with van der Waals surface area (Å²) < 4.78 is 2.73. The molecule has 2 aromatic rings. The average molecular weight is 262 g/mol. The van der Waals surface area contributed by atoms with Crippen molar-refractivity contribution in [2.45, 2.75) is 11.7 Å². The van der Waals surface area contributed by atoms with Gasteiger partial charge in [0, 0.05) is 29.8 Å². The van der Waals surface area contributed by atoms with Gasteiger partial charge in [0.1, 0.15) is 4.64 Å². The van der Waals surface area contributed by atoms with Crippen molar-refractivity contribution in [2.75, 3.05) is 0 Å². The van der Waals surface area contributed by atoms with Crippen molar-refractivity contribution in [3.8, 4) is 0 Å². The minimum Gasteiger partial charge on any atom is -0.310 e. The zero-order valence-electron chi connectivity index (χ0n) is 8.91. The van der Waals surface area contributed by atoms with E-state index in [0.717, 1.165) is 6.42 Å². The molecule has 1 atom stereocenters. The molecule has 86 valence electrons. The number of aromatic nitrogens is 4. The van der Waals surface area contributed by atoms with E-state index in [2.05, 4.69) is 20.6 Å². The Morgan fingerprint density at radius 2 is 2.47 bits per heavy atom. The molecule has 17 heavy (non-hydrogen) atoms. The number of nitrogens with zero attached hydrogens (tertiary/aromatic N) is 3. The highest BCUT2D eigenvalue weighted by Crippen LogP contribution is 2.43. The summed E-state index contributed by atoms with van der Waals surface area (Å²) in [5.74, 6) is 0. The largest absolute Gasteiger partial charge is 0.310 e. The van der Waals surface area contributed by atoms with Crippen LogP contribution in [0.15, 0.2) is 36.4 Å². The standard InChI is InChI=1S/C11H10N4S2/c16-11-3-8(5-13-14-11)10-4-9(6-17-10)15-2-1-12-7-15/h1-3,5-7,10H,4H2,(H,14,16). The molecule has 2 aromatic heterocycles. The predicted octanol–water partition coefficient (Wildman–Crippen LogP) is 3.01. The number of thioether (sulfide) groups is 1. The fraction of sp³-hybridized carbons (Fsp3) is 0.182. The molecule has 6 heteroatoms. The summed E-state index contributed by atoms with van der Waals surface area (Å²) in [5, 5.41) is 9.36. The first-order chi connectivity index (χ1) is 8.33. The Morgan fingerprint density at radius 3 is 3.24 bits per heavy atom. The molecule has 0 saturated heterocycles.